The second kappa shape index (κ2) is 7.45. The molecule has 138 valence electrons. The van der Waals surface area contributed by atoms with Crippen molar-refractivity contribution in [3.8, 4) is 5.75 Å². The maximum atomic E-state index is 12.9. The molecule has 3 aromatic rings. The number of alkyl halides is 1. The van der Waals surface area contributed by atoms with Crippen LogP contribution in [0.15, 0.2) is 27.9 Å². The number of fused-ring (bicyclic) bond motifs is 3. The quantitative estimate of drug-likeness (QED) is 0.487. The van der Waals surface area contributed by atoms with Crippen LogP contribution in [0.5, 0.6) is 5.75 Å². The topological polar surface area (TPSA) is 66.1 Å². The molecule has 0 bridgehead atoms. The molecule has 0 N–H and O–H groups in total. The van der Waals surface area contributed by atoms with Crippen molar-refractivity contribution in [3.05, 3.63) is 44.2 Å². The minimum atomic E-state index is -0.456. The van der Waals surface area contributed by atoms with E-state index < -0.39 is 17.9 Å². The monoisotopic (exact) mass is 379 g/mol. The van der Waals surface area contributed by atoms with Gasteiger partial charge in [0.2, 0.25) is 0 Å². The van der Waals surface area contributed by atoms with Gasteiger partial charge in [-0.05, 0) is 25.8 Å². The number of hydrogen-bond acceptors (Lipinski definition) is 4. The number of benzene rings is 1. The van der Waals surface area contributed by atoms with E-state index in [1.54, 1.807) is 19.1 Å². The molecule has 0 spiro atoms. The summed E-state index contributed by atoms with van der Waals surface area (Å²) in [6.45, 7) is 1.82. The van der Waals surface area contributed by atoms with Gasteiger partial charge >= 0.3 is 5.69 Å². The fourth-order valence-corrected chi connectivity index (χ4v) is 3.36. The van der Waals surface area contributed by atoms with Gasteiger partial charge in [-0.25, -0.2) is 4.79 Å². The van der Waals surface area contributed by atoms with Gasteiger partial charge in [0.15, 0.2) is 0 Å². The number of methoxy groups -OCH3 is 1. The van der Waals surface area contributed by atoms with Gasteiger partial charge in [0, 0.05) is 35.8 Å². The van der Waals surface area contributed by atoms with Crippen molar-refractivity contribution in [2.75, 3.05) is 13.8 Å². The fourth-order valence-electron chi connectivity index (χ4n) is 3.15. The third-order valence-electron chi connectivity index (χ3n) is 4.38. The Morgan fingerprint density at radius 2 is 1.96 bits per heavy atom. The van der Waals surface area contributed by atoms with Crippen LogP contribution in [0.4, 0.5) is 4.39 Å². The first kappa shape index (κ1) is 18.4. The molecule has 0 aliphatic rings. The highest BCUT2D eigenvalue weighted by Gasteiger charge is 2.17. The molecular formula is C18H19ClFN3O3. The third kappa shape index (κ3) is 2.96. The lowest BCUT2D eigenvalue weighted by Gasteiger charge is -2.15. The molecule has 0 unspecified atom stereocenters. The fraction of sp³-hybridized carbons (Fsp3) is 0.389. The van der Waals surface area contributed by atoms with Gasteiger partial charge in [-0.15, -0.1) is 0 Å². The maximum Gasteiger partial charge on any atom is 0.331 e. The molecule has 26 heavy (non-hydrogen) atoms. The highest BCUT2D eigenvalue weighted by molar-refractivity contribution is 6.32. The van der Waals surface area contributed by atoms with Crippen molar-refractivity contribution in [2.45, 2.75) is 32.9 Å². The van der Waals surface area contributed by atoms with Gasteiger partial charge in [0.05, 0.1) is 24.7 Å². The molecule has 1 aromatic carbocycles. The Morgan fingerprint density at radius 1 is 1.19 bits per heavy atom. The van der Waals surface area contributed by atoms with Crippen LogP contribution in [0.3, 0.4) is 0 Å². The Kier molecular flexibility index (Phi) is 5.27. The van der Waals surface area contributed by atoms with E-state index in [4.69, 9.17) is 16.3 Å². The van der Waals surface area contributed by atoms with Crippen LogP contribution in [0, 0.1) is 0 Å². The molecule has 6 nitrogen and oxygen atoms in total. The Balaban J connectivity index is 2.49. The molecule has 0 fully saturated rings. The summed E-state index contributed by atoms with van der Waals surface area (Å²) in [4.78, 5) is 29.9. The molecule has 0 amide bonds. The molecule has 0 aliphatic heterocycles. The largest absolute Gasteiger partial charge is 0.494 e. The number of hydrogen-bond donors (Lipinski definition) is 0. The van der Waals surface area contributed by atoms with Crippen LogP contribution in [0.2, 0.25) is 5.02 Å². The summed E-state index contributed by atoms with van der Waals surface area (Å²) in [6, 6.07) is 3.29. The summed E-state index contributed by atoms with van der Waals surface area (Å²) in [5.74, 6) is 0.455. The van der Waals surface area contributed by atoms with Gasteiger partial charge in [-0.2, -0.15) is 0 Å². The molecule has 8 heteroatoms. The minimum absolute atomic E-state index is 0.244. The van der Waals surface area contributed by atoms with E-state index in [1.807, 2.05) is 0 Å². The predicted octanol–water partition coefficient (Wildman–Crippen LogP) is 3.14. The molecular weight excluding hydrogens is 361 g/mol. The van der Waals surface area contributed by atoms with Crippen molar-refractivity contribution in [3.63, 3.8) is 0 Å². The zero-order valence-electron chi connectivity index (χ0n) is 14.6. The van der Waals surface area contributed by atoms with Crippen molar-refractivity contribution in [1.82, 2.24) is 14.1 Å². The number of halogens is 2. The molecule has 0 aliphatic carbocycles. The second-order valence-electron chi connectivity index (χ2n) is 5.90. The van der Waals surface area contributed by atoms with Gasteiger partial charge in [-0.1, -0.05) is 11.6 Å². The predicted molar refractivity (Wildman–Crippen MR) is 100 cm³/mol. The van der Waals surface area contributed by atoms with Gasteiger partial charge in [0.1, 0.15) is 11.3 Å². The molecule has 0 radical (unpaired) electrons. The number of aryl methyl sites for hydroxylation is 1. The first-order valence-corrected chi connectivity index (χ1v) is 8.76. The molecule has 0 saturated heterocycles. The Hall–Kier alpha value is -2.41. The van der Waals surface area contributed by atoms with Gasteiger partial charge in [0.25, 0.3) is 5.56 Å². The average Bonchev–Trinajstić information content (AvgIpc) is 2.63. The molecule has 3 rings (SSSR count). The van der Waals surface area contributed by atoms with Crippen LogP contribution >= 0.6 is 11.6 Å². The molecule has 2 heterocycles. The third-order valence-corrected chi connectivity index (χ3v) is 4.60. The first-order chi connectivity index (χ1) is 12.5. The Morgan fingerprint density at radius 3 is 2.62 bits per heavy atom. The number of pyridine rings is 1. The number of ether oxygens (including phenoxy) is 1. The van der Waals surface area contributed by atoms with Crippen LogP contribution in [-0.2, 0) is 13.1 Å². The summed E-state index contributed by atoms with van der Waals surface area (Å²) in [5, 5.41) is 1.29. The summed E-state index contributed by atoms with van der Waals surface area (Å²) in [7, 11) is 1.50. The summed E-state index contributed by atoms with van der Waals surface area (Å²) in [5.41, 5.74) is 0.143. The van der Waals surface area contributed by atoms with E-state index in [0.717, 1.165) is 4.57 Å². The van der Waals surface area contributed by atoms with Crippen LogP contribution in [-0.4, -0.2) is 27.9 Å². The Bertz CT molecular complexity index is 1090. The van der Waals surface area contributed by atoms with E-state index in [1.165, 1.54) is 17.9 Å². The lowest BCUT2D eigenvalue weighted by molar-refractivity contribution is 0.419. The normalized spacial score (nSPS) is 11.4. The highest BCUT2D eigenvalue weighted by Crippen LogP contribution is 2.31. The maximum absolute atomic E-state index is 12.9. The smallest absolute Gasteiger partial charge is 0.331 e. The standard InChI is InChI=1S/C18H19ClFN3O3/c1-3-22-17(24)13-10-21-15-12(8-11(19)9-14(15)26-2)16(13)23(18(22)25)7-5-4-6-20/h8-10H,3-7H2,1-2H3. The zero-order chi connectivity index (χ0) is 18.8. The van der Waals surface area contributed by atoms with Gasteiger partial charge in [-0.3, -0.25) is 23.3 Å². The van der Waals surface area contributed by atoms with Crippen LogP contribution in [0.1, 0.15) is 19.8 Å². The lowest BCUT2D eigenvalue weighted by atomic mass is 10.1. The van der Waals surface area contributed by atoms with Crippen LogP contribution in [0.25, 0.3) is 21.8 Å². The van der Waals surface area contributed by atoms with Crippen LogP contribution < -0.4 is 16.0 Å². The lowest BCUT2D eigenvalue weighted by Crippen LogP contribution is -2.39. The molecule has 0 atom stereocenters. The van der Waals surface area contributed by atoms with E-state index >= 15 is 0 Å². The molecule has 2 aromatic heterocycles. The number of unbranched alkanes of at least 4 members (excludes halogenated alkanes) is 1. The average molecular weight is 380 g/mol. The number of nitrogens with zero attached hydrogens (tertiary/aromatic N) is 3. The van der Waals surface area contributed by atoms with E-state index in [9.17, 15) is 14.0 Å². The highest BCUT2D eigenvalue weighted by atomic mass is 35.5. The summed E-state index contributed by atoms with van der Waals surface area (Å²) < 4.78 is 20.5. The van der Waals surface area contributed by atoms with Gasteiger partial charge < -0.3 is 4.74 Å². The van der Waals surface area contributed by atoms with E-state index in [2.05, 4.69) is 4.98 Å². The number of aromatic nitrogens is 3. The van der Waals surface area contributed by atoms with E-state index in [0.29, 0.717) is 52.0 Å². The minimum Gasteiger partial charge on any atom is -0.494 e. The van der Waals surface area contributed by atoms with Crippen molar-refractivity contribution < 1.29 is 9.13 Å². The summed E-state index contributed by atoms with van der Waals surface area (Å²) >= 11 is 6.19. The zero-order valence-corrected chi connectivity index (χ0v) is 15.3. The first-order valence-electron chi connectivity index (χ1n) is 8.39. The van der Waals surface area contributed by atoms with Crippen molar-refractivity contribution in [1.29, 1.82) is 0 Å². The van der Waals surface area contributed by atoms with E-state index in [-0.39, 0.29) is 6.54 Å². The van der Waals surface area contributed by atoms with Crippen molar-refractivity contribution in [2.24, 2.45) is 0 Å². The molecule has 0 saturated carbocycles. The van der Waals surface area contributed by atoms with Crippen molar-refractivity contribution >= 4 is 33.4 Å². The number of rotatable bonds is 6. The SMILES string of the molecule is CCn1c(=O)c2cnc3c(OC)cc(Cl)cc3c2n(CCCCF)c1=O. The summed E-state index contributed by atoms with van der Waals surface area (Å²) in [6.07, 6.45) is 2.27. The second-order valence-corrected chi connectivity index (χ2v) is 6.34. The Labute approximate surface area is 153 Å².